The van der Waals surface area contributed by atoms with Gasteiger partial charge in [0.05, 0.1) is 16.4 Å². The Labute approximate surface area is 169 Å². The maximum absolute atomic E-state index is 12.2. The van der Waals surface area contributed by atoms with E-state index in [1.807, 2.05) is 6.92 Å². The first-order chi connectivity index (χ1) is 12.6. The predicted octanol–water partition coefficient (Wildman–Crippen LogP) is 3.06. The summed E-state index contributed by atoms with van der Waals surface area (Å²) in [4.78, 5) is 22.6. The smallest absolute Gasteiger partial charge is 0.241 e. The Morgan fingerprint density at radius 3 is 2.59 bits per heavy atom. The largest absolute Gasteiger partial charge is 0.304 e. The maximum Gasteiger partial charge on any atom is 0.241 e. The van der Waals surface area contributed by atoms with Gasteiger partial charge in [0, 0.05) is 18.9 Å². The molecular formula is C16H16Cl2N6O2S. The minimum absolute atomic E-state index is 0.278. The number of carbonyl (C=O) groups is 2. The molecule has 1 aromatic carbocycles. The molecule has 142 valence electrons. The molecule has 8 nitrogen and oxygen atoms in total. The van der Waals surface area contributed by atoms with Crippen molar-refractivity contribution in [2.24, 2.45) is 5.10 Å². The van der Waals surface area contributed by atoms with Crippen LogP contribution in [-0.4, -0.2) is 37.0 Å². The second-order valence-electron chi connectivity index (χ2n) is 6.03. The molecule has 1 atom stereocenters. The van der Waals surface area contributed by atoms with Gasteiger partial charge in [-0.2, -0.15) is 0 Å². The van der Waals surface area contributed by atoms with Crippen molar-refractivity contribution in [1.29, 1.82) is 0 Å². The quantitative estimate of drug-likeness (QED) is 0.796. The third-order valence-corrected chi connectivity index (χ3v) is 5.64. The van der Waals surface area contributed by atoms with Crippen molar-refractivity contribution in [1.82, 2.24) is 25.3 Å². The topological polar surface area (TPSA) is 92.5 Å². The molecule has 0 radical (unpaired) electrons. The van der Waals surface area contributed by atoms with Crippen molar-refractivity contribution in [3.8, 4) is 5.69 Å². The molecule has 2 heterocycles. The number of amides is 2. The van der Waals surface area contributed by atoms with Gasteiger partial charge in [-0.05, 0) is 43.8 Å². The van der Waals surface area contributed by atoms with E-state index >= 15 is 0 Å². The highest BCUT2D eigenvalue weighted by atomic mass is 35.5. The number of carbonyl (C=O) groups excluding carboxylic acids is 2. The minimum atomic E-state index is -0.975. The molecule has 0 aliphatic carbocycles. The molecule has 11 heteroatoms. The average molecular weight is 427 g/mol. The zero-order chi connectivity index (χ0) is 19.9. The molecule has 1 aliphatic rings. The van der Waals surface area contributed by atoms with Gasteiger partial charge in [0.15, 0.2) is 10.0 Å². The summed E-state index contributed by atoms with van der Waals surface area (Å²) in [7, 11) is 0. The van der Waals surface area contributed by atoms with Gasteiger partial charge in [0.2, 0.25) is 11.8 Å². The van der Waals surface area contributed by atoms with Gasteiger partial charge >= 0.3 is 0 Å². The number of hydrogen-bond donors (Lipinski definition) is 1. The zero-order valence-corrected chi connectivity index (χ0v) is 17.3. The first-order valence-electron chi connectivity index (χ1n) is 7.87. The van der Waals surface area contributed by atoms with E-state index in [0.717, 1.165) is 0 Å². The lowest BCUT2D eigenvalue weighted by Gasteiger charge is -2.29. The van der Waals surface area contributed by atoms with E-state index in [4.69, 9.17) is 23.2 Å². The van der Waals surface area contributed by atoms with Gasteiger partial charge in [-0.15, -0.1) is 10.2 Å². The van der Waals surface area contributed by atoms with E-state index in [9.17, 15) is 9.59 Å². The lowest BCUT2D eigenvalue weighted by atomic mass is 10.1. The number of hydrazone groups is 1. The Bertz CT molecular complexity index is 976. The van der Waals surface area contributed by atoms with E-state index in [-0.39, 0.29) is 11.8 Å². The molecule has 2 aromatic rings. The Morgan fingerprint density at radius 2 is 1.96 bits per heavy atom. The highest BCUT2D eigenvalue weighted by molar-refractivity contribution is 8.14. The van der Waals surface area contributed by atoms with Crippen LogP contribution in [0.5, 0.6) is 0 Å². The molecule has 1 N–H and O–H groups in total. The molecule has 1 aliphatic heterocycles. The summed E-state index contributed by atoms with van der Waals surface area (Å²) in [6.45, 7) is 6.37. The van der Waals surface area contributed by atoms with E-state index in [2.05, 4.69) is 20.7 Å². The third-order valence-electron chi connectivity index (χ3n) is 3.94. The molecule has 3 rings (SSSR count). The Kier molecular flexibility index (Phi) is 5.20. The number of rotatable bonds is 2. The number of thioether (sulfide) groups is 1. The summed E-state index contributed by atoms with van der Waals surface area (Å²) < 4.78 is 1.56. The first-order valence-corrected chi connectivity index (χ1v) is 9.45. The fourth-order valence-electron chi connectivity index (χ4n) is 2.79. The van der Waals surface area contributed by atoms with E-state index in [0.29, 0.717) is 32.3 Å². The summed E-state index contributed by atoms with van der Waals surface area (Å²) >= 11 is 13.6. The monoisotopic (exact) mass is 426 g/mol. The van der Waals surface area contributed by atoms with Crippen molar-refractivity contribution >= 4 is 51.9 Å². The molecule has 0 bridgehead atoms. The van der Waals surface area contributed by atoms with Crippen molar-refractivity contribution in [3.05, 3.63) is 39.6 Å². The number of aromatic nitrogens is 3. The van der Waals surface area contributed by atoms with Gasteiger partial charge in [-0.25, -0.2) is 9.69 Å². The normalized spacial score (nSPS) is 19.2. The lowest BCUT2D eigenvalue weighted by molar-refractivity contribution is -0.132. The van der Waals surface area contributed by atoms with E-state index < -0.39 is 4.87 Å². The number of benzene rings is 1. The van der Waals surface area contributed by atoms with Crippen LogP contribution in [0.1, 0.15) is 32.2 Å². The number of hydrogen-bond acceptors (Lipinski definition) is 6. The number of nitrogens with zero attached hydrogens (tertiary/aromatic N) is 5. The summed E-state index contributed by atoms with van der Waals surface area (Å²) in [5, 5.41) is 17.9. The predicted molar refractivity (Wildman–Crippen MR) is 105 cm³/mol. The highest BCUT2D eigenvalue weighted by Gasteiger charge is 2.47. The highest BCUT2D eigenvalue weighted by Crippen LogP contribution is 2.45. The standard InChI is InChI=1S/C16H16Cl2N6O2S/c1-8-14(20-22-23(8)13-7-11(17)5-6-12(13)18)16(4)24(10(3)26)21-15(27-16)19-9(2)25/h5-7H,1-4H3,(H,19,21,25). The van der Waals surface area contributed by atoms with Crippen LogP contribution in [0.3, 0.4) is 0 Å². The Morgan fingerprint density at radius 1 is 1.26 bits per heavy atom. The second kappa shape index (κ2) is 7.14. The number of amidine groups is 1. The van der Waals surface area contributed by atoms with Crippen LogP contribution in [0.15, 0.2) is 23.3 Å². The Hall–Kier alpha value is -2.10. The van der Waals surface area contributed by atoms with Crippen molar-refractivity contribution in [3.63, 3.8) is 0 Å². The molecule has 1 aromatic heterocycles. The van der Waals surface area contributed by atoms with E-state index in [1.165, 1.54) is 30.6 Å². The SMILES string of the molecule is CC(=O)NC1=NN(C(C)=O)C(C)(c2nnn(-c3cc(Cl)ccc3Cl)c2C)S1. The summed E-state index contributed by atoms with van der Waals surface area (Å²) in [6.07, 6.45) is 0. The molecule has 2 amide bonds. The van der Waals surface area contributed by atoms with Crippen LogP contribution in [0, 0.1) is 6.92 Å². The van der Waals surface area contributed by atoms with Gasteiger partial charge in [-0.3, -0.25) is 9.59 Å². The minimum Gasteiger partial charge on any atom is -0.304 e. The van der Waals surface area contributed by atoms with Crippen molar-refractivity contribution < 1.29 is 9.59 Å². The van der Waals surface area contributed by atoms with Crippen LogP contribution >= 0.6 is 35.0 Å². The fraction of sp³-hybridized carbons (Fsp3) is 0.312. The molecule has 0 saturated carbocycles. The van der Waals surface area contributed by atoms with Gasteiger partial charge in [0.25, 0.3) is 0 Å². The fourth-order valence-corrected chi connectivity index (χ4v) is 4.39. The van der Waals surface area contributed by atoms with Crippen LogP contribution in [-0.2, 0) is 14.5 Å². The molecule has 1 unspecified atom stereocenters. The molecule has 0 saturated heterocycles. The van der Waals surface area contributed by atoms with Crippen LogP contribution in [0.25, 0.3) is 5.69 Å². The zero-order valence-electron chi connectivity index (χ0n) is 14.9. The van der Waals surface area contributed by atoms with Crippen LogP contribution < -0.4 is 5.32 Å². The van der Waals surface area contributed by atoms with Gasteiger partial charge < -0.3 is 5.32 Å². The average Bonchev–Trinajstić information content (AvgIpc) is 3.10. The molecule has 0 spiro atoms. The number of nitrogens with one attached hydrogen (secondary N) is 1. The molecular weight excluding hydrogens is 411 g/mol. The van der Waals surface area contributed by atoms with Gasteiger partial charge in [0.1, 0.15) is 5.69 Å². The molecule has 27 heavy (non-hydrogen) atoms. The molecule has 0 fully saturated rings. The summed E-state index contributed by atoms with van der Waals surface area (Å²) in [6, 6.07) is 5.03. The second-order valence-corrected chi connectivity index (χ2v) is 8.26. The third kappa shape index (κ3) is 3.54. The maximum atomic E-state index is 12.2. The van der Waals surface area contributed by atoms with Crippen molar-refractivity contribution in [2.45, 2.75) is 32.6 Å². The summed E-state index contributed by atoms with van der Waals surface area (Å²) in [5.41, 5.74) is 1.76. The Balaban J connectivity index is 2.06. The number of halogens is 2. The summed E-state index contributed by atoms with van der Waals surface area (Å²) in [5.74, 6) is -0.569. The van der Waals surface area contributed by atoms with Crippen LogP contribution in [0.4, 0.5) is 0 Å². The van der Waals surface area contributed by atoms with Crippen LogP contribution in [0.2, 0.25) is 10.0 Å². The first kappa shape index (κ1) is 19.7. The van der Waals surface area contributed by atoms with E-state index in [1.54, 1.807) is 29.8 Å². The van der Waals surface area contributed by atoms with Crippen molar-refractivity contribution in [2.75, 3.05) is 0 Å². The van der Waals surface area contributed by atoms with Gasteiger partial charge in [-0.1, -0.05) is 28.4 Å². The lowest BCUT2D eigenvalue weighted by Crippen LogP contribution is -2.38.